The van der Waals surface area contributed by atoms with Gasteiger partial charge in [0.1, 0.15) is 0 Å². The van der Waals surface area contributed by atoms with Gasteiger partial charge < -0.3 is 5.32 Å². The summed E-state index contributed by atoms with van der Waals surface area (Å²) in [7, 11) is 0. The normalized spacial score (nSPS) is 13.5. The van der Waals surface area contributed by atoms with E-state index in [9.17, 15) is 4.79 Å². The molecule has 2 nitrogen and oxygen atoms in total. The predicted molar refractivity (Wildman–Crippen MR) is 96.1 cm³/mol. The van der Waals surface area contributed by atoms with Crippen LogP contribution in [-0.2, 0) is 5.54 Å². The fourth-order valence-corrected chi connectivity index (χ4v) is 2.69. The fourth-order valence-electron chi connectivity index (χ4n) is 1.95. The predicted octanol–water partition coefficient (Wildman–Crippen LogP) is 4.83. The molecule has 0 aliphatic rings. The summed E-state index contributed by atoms with van der Waals surface area (Å²) in [5.41, 5.74) is 0.854. The molecule has 110 valence electrons. The molecule has 0 aliphatic heterocycles. The molecule has 0 bridgehead atoms. The van der Waals surface area contributed by atoms with E-state index in [2.05, 4.69) is 27.9 Å². The summed E-state index contributed by atoms with van der Waals surface area (Å²) in [6, 6.07) is 14.9. The lowest BCUT2D eigenvalue weighted by Crippen LogP contribution is -2.45. The molecule has 5 heteroatoms. The quantitative estimate of drug-likeness (QED) is 0.543. The largest absolute Gasteiger partial charge is 0.342 e. The molecule has 0 radical (unpaired) electrons. The molecule has 0 saturated heterocycles. The number of carbonyl (C=O) groups excluding carboxylic acids is 1. The molecule has 2 aromatic carbocycles. The highest BCUT2D eigenvalue weighted by Crippen LogP contribution is 2.24. The Bertz CT molecular complexity index is 648. The minimum atomic E-state index is -0.630. The van der Waals surface area contributed by atoms with E-state index in [-0.39, 0.29) is 11.8 Å². The lowest BCUT2D eigenvalue weighted by Gasteiger charge is -2.29. The van der Waals surface area contributed by atoms with Gasteiger partial charge in [-0.15, -0.1) is 11.6 Å². The third kappa shape index (κ3) is 3.90. The van der Waals surface area contributed by atoms with E-state index in [1.165, 1.54) is 0 Å². The summed E-state index contributed by atoms with van der Waals surface area (Å²) in [6.07, 6.45) is 0. The van der Waals surface area contributed by atoms with Crippen molar-refractivity contribution in [2.24, 2.45) is 0 Å². The van der Waals surface area contributed by atoms with E-state index >= 15 is 0 Å². The van der Waals surface area contributed by atoms with E-state index in [4.69, 9.17) is 23.2 Å². The maximum Gasteiger partial charge on any atom is 0.252 e. The van der Waals surface area contributed by atoms with Crippen LogP contribution in [0, 0.1) is 3.57 Å². The van der Waals surface area contributed by atoms with Gasteiger partial charge in [0.05, 0.1) is 10.6 Å². The number of halogens is 3. The van der Waals surface area contributed by atoms with Crippen molar-refractivity contribution in [3.05, 3.63) is 68.3 Å². The monoisotopic (exact) mass is 433 g/mol. The van der Waals surface area contributed by atoms with E-state index in [1.807, 2.05) is 43.3 Å². The first-order valence-corrected chi connectivity index (χ1v) is 8.34. The van der Waals surface area contributed by atoms with Crippen LogP contribution < -0.4 is 5.32 Å². The van der Waals surface area contributed by atoms with Gasteiger partial charge in [-0.25, -0.2) is 0 Å². The SMILES string of the molecule is CC(CCl)(NC(=O)c1ccc(I)c(Cl)c1)c1ccccc1. The Kier molecular flexibility index (Phi) is 5.52. The van der Waals surface area contributed by atoms with Crippen LogP contribution in [0.2, 0.25) is 5.02 Å². The van der Waals surface area contributed by atoms with Gasteiger partial charge in [0, 0.05) is 15.0 Å². The average Bonchev–Trinajstić information content (AvgIpc) is 2.50. The van der Waals surface area contributed by atoms with Gasteiger partial charge in [0.2, 0.25) is 0 Å². The van der Waals surface area contributed by atoms with Crippen molar-refractivity contribution in [2.75, 3.05) is 5.88 Å². The van der Waals surface area contributed by atoms with Gasteiger partial charge in [-0.3, -0.25) is 4.79 Å². The minimum absolute atomic E-state index is 0.194. The van der Waals surface area contributed by atoms with E-state index in [0.717, 1.165) is 9.13 Å². The molecule has 0 spiro atoms. The second kappa shape index (κ2) is 6.99. The molecule has 2 rings (SSSR count). The molecule has 0 heterocycles. The molecule has 2 aromatic rings. The van der Waals surface area contributed by atoms with Crippen LogP contribution in [0.5, 0.6) is 0 Å². The summed E-state index contributed by atoms with van der Waals surface area (Å²) in [5, 5.41) is 3.56. The van der Waals surface area contributed by atoms with Crippen LogP contribution >= 0.6 is 45.8 Å². The first-order chi connectivity index (χ1) is 9.96. The Morgan fingerprint density at radius 1 is 1.24 bits per heavy atom. The van der Waals surface area contributed by atoms with Crippen molar-refractivity contribution < 1.29 is 4.79 Å². The third-order valence-electron chi connectivity index (χ3n) is 3.25. The lowest BCUT2D eigenvalue weighted by atomic mass is 9.93. The van der Waals surface area contributed by atoms with Crippen molar-refractivity contribution in [2.45, 2.75) is 12.5 Å². The maximum atomic E-state index is 12.4. The number of amides is 1. The molecular weight excluding hydrogens is 420 g/mol. The number of benzene rings is 2. The highest BCUT2D eigenvalue weighted by atomic mass is 127. The average molecular weight is 434 g/mol. The number of rotatable bonds is 4. The first kappa shape index (κ1) is 16.6. The number of hydrogen-bond donors (Lipinski definition) is 1. The molecule has 1 N–H and O–H groups in total. The Hall–Kier alpha value is -0.780. The number of hydrogen-bond acceptors (Lipinski definition) is 1. The molecule has 0 aromatic heterocycles. The van der Waals surface area contributed by atoms with Gasteiger partial charge in [-0.05, 0) is 53.3 Å². The Morgan fingerprint density at radius 2 is 1.90 bits per heavy atom. The fraction of sp³-hybridized carbons (Fsp3) is 0.188. The van der Waals surface area contributed by atoms with E-state index in [1.54, 1.807) is 12.1 Å². The van der Waals surface area contributed by atoms with E-state index in [0.29, 0.717) is 10.6 Å². The van der Waals surface area contributed by atoms with Crippen molar-refractivity contribution in [3.8, 4) is 0 Å². The molecule has 1 unspecified atom stereocenters. The highest BCUT2D eigenvalue weighted by molar-refractivity contribution is 14.1. The van der Waals surface area contributed by atoms with Crippen LogP contribution in [-0.4, -0.2) is 11.8 Å². The van der Waals surface area contributed by atoms with Crippen LogP contribution in [0.3, 0.4) is 0 Å². The van der Waals surface area contributed by atoms with Crippen LogP contribution in [0.25, 0.3) is 0 Å². The van der Waals surface area contributed by atoms with Crippen molar-refractivity contribution in [3.63, 3.8) is 0 Å². The minimum Gasteiger partial charge on any atom is -0.342 e. The van der Waals surface area contributed by atoms with Crippen LogP contribution in [0.1, 0.15) is 22.8 Å². The Balaban J connectivity index is 2.26. The number of carbonyl (C=O) groups is 1. The smallest absolute Gasteiger partial charge is 0.252 e. The van der Waals surface area contributed by atoms with Gasteiger partial charge in [-0.2, -0.15) is 0 Å². The standard InChI is InChI=1S/C16H14Cl2INO/c1-16(10-17,12-5-3-2-4-6-12)20-15(21)11-7-8-14(19)13(18)9-11/h2-9H,10H2,1H3,(H,20,21). The maximum absolute atomic E-state index is 12.4. The summed E-state index contributed by atoms with van der Waals surface area (Å²) < 4.78 is 0.911. The topological polar surface area (TPSA) is 29.1 Å². The molecule has 1 atom stereocenters. The van der Waals surface area contributed by atoms with Crippen LogP contribution in [0.4, 0.5) is 0 Å². The summed E-state index contributed by atoms with van der Waals surface area (Å²) >= 11 is 14.3. The van der Waals surface area contributed by atoms with Crippen LogP contribution in [0.15, 0.2) is 48.5 Å². The Labute approximate surface area is 148 Å². The number of alkyl halides is 1. The highest BCUT2D eigenvalue weighted by Gasteiger charge is 2.28. The molecule has 0 saturated carbocycles. The zero-order chi connectivity index (χ0) is 15.5. The zero-order valence-corrected chi connectivity index (χ0v) is 15.0. The van der Waals surface area contributed by atoms with E-state index < -0.39 is 5.54 Å². The second-order valence-electron chi connectivity index (χ2n) is 4.91. The molecule has 0 fully saturated rings. The zero-order valence-electron chi connectivity index (χ0n) is 11.4. The van der Waals surface area contributed by atoms with Gasteiger partial charge in [0.15, 0.2) is 0 Å². The van der Waals surface area contributed by atoms with Crippen molar-refractivity contribution in [1.82, 2.24) is 5.32 Å². The van der Waals surface area contributed by atoms with Gasteiger partial charge in [0.25, 0.3) is 5.91 Å². The third-order valence-corrected chi connectivity index (χ3v) is 5.36. The van der Waals surface area contributed by atoms with Gasteiger partial charge in [-0.1, -0.05) is 41.9 Å². The van der Waals surface area contributed by atoms with Crippen molar-refractivity contribution >= 4 is 51.7 Å². The molecular formula is C16H14Cl2INO. The molecule has 0 aliphatic carbocycles. The van der Waals surface area contributed by atoms with Crippen molar-refractivity contribution in [1.29, 1.82) is 0 Å². The summed E-state index contributed by atoms with van der Waals surface area (Å²) in [6.45, 7) is 1.90. The Morgan fingerprint density at radius 3 is 2.48 bits per heavy atom. The summed E-state index contributed by atoms with van der Waals surface area (Å²) in [4.78, 5) is 12.4. The molecule has 1 amide bonds. The lowest BCUT2D eigenvalue weighted by molar-refractivity contribution is 0.0913. The van der Waals surface area contributed by atoms with Gasteiger partial charge >= 0.3 is 0 Å². The first-order valence-electron chi connectivity index (χ1n) is 6.35. The summed E-state index contributed by atoms with van der Waals surface area (Å²) in [5.74, 6) is 0.0845. The molecule has 21 heavy (non-hydrogen) atoms. The second-order valence-corrected chi connectivity index (χ2v) is 6.75. The number of nitrogens with one attached hydrogen (secondary N) is 1.